The van der Waals surface area contributed by atoms with Gasteiger partial charge in [-0.2, -0.15) is 5.10 Å². The first-order valence-electron chi connectivity index (χ1n) is 5.50. The minimum absolute atomic E-state index is 0.137. The third-order valence-electron chi connectivity index (χ3n) is 2.66. The zero-order valence-electron chi connectivity index (χ0n) is 10.7. The molecule has 2 aromatic rings. The molecule has 0 bridgehead atoms. The number of oxime groups is 1. The molecule has 0 saturated carbocycles. The van der Waals surface area contributed by atoms with Gasteiger partial charge in [0, 0.05) is 7.05 Å². The van der Waals surface area contributed by atoms with Gasteiger partial charge in [-0.1, -0.05) is 16.8 Å². The largest absolute Gasteiger partial charge is 0.409 e. The maximum absolute atomic E-state index is 12.2. The average molecular weight is 314 g/mol. The Morgan fingerprint density at radius 1 is 1.65 bits per heavy atom. The van der Waals surface area contributed by atoms with Gasteiger partial charge in [-0.15, -0.1) is 11.3 Å². The molecular formula is C11H12ClN5O2S. The third kappa shape index (κ3) is 2.47. The minimum atomic E-state index is -0.372. The van der Waals surface area contributed by atoms with Gasteiger partial charge in [0.05, 0.1) is 16.8 Å². The Labute approximate surface area is 123 Å². The number of halogens is 1. The van der Waals surface area contributed by atoms with Crippen molar-refractivity contribution in [1.29, 1.82) is 0 Å². The van der Waals surface area contributed by atoms with Crippen molar-refractivity contribution in [2.24, 2.45) is 17.9 Å². The number of amides is 1. The summed E-state index contributed by atoms with van der Waals surface area (Å²) in [5.74, 6) is -0.182. The van der Waals surface area contributed by atoms with Crippen LogP contribution in [0.5, 0.6) is 0 Å². The molecule has 0 atom stereocenters. The highest BCUT2D eigenvalue weighted by atomic mass is 35.5. The van der Waals surface area contributed by atoms with Crippen molar-refractivity contribution in [3.05, 3.63) is 32.6 Å². The highest BCUT2D eigenvalue weighted by Gasteiger charge is 2.19. The molecule has 0 aliphatic carbocycles. The minimum Gasteiger partial charge on any atom is -0.409 e. The van der Waals surface area contributed by atoms with Crippen LogP contribution in [-0.2, 0) is 7.05 Å². The van der Waals surface area contributed by atoms with Crippen molar-refractivity contribution in [3.63, 3.8) is 0 Å². The maximum atomic E-state index is 12.2. The van der Waals surface area contributed by atoms with E-state index in [4.69, 9.17) is 22.5 Å². The zero-order chi connectivity index (χ0) is 14.9. The molecule has 1 amide bonds. The lowest BCUT2D eigenvalue weighted by atomic mass is 10.3. The molecule has 7 nitrogen and oxygen atoms in total. The van der Waals surface area contributed by atoms with E-state index in [0.717, 1.165) is 5.56 Å². The Kier molecular flexibility index (Phi) is 3.96. The summed E-state index contributed by atoms with van der Waals surface area (Å²) in [5.41, 5.74) is 6.69. The molecule has 4 N–H and O–H groups in total. The predicted octanol–water partition coefficient (Wildman–Crippen LogP) is 1.79. The number of hydrogen-bond acceptors (Lipinski definition) is 5. The number of carbonyl (C=O) groups excluding carboxylic acids is 1. The summed E-state index contributed by atoms with van der Waals surface area (Å²) in [6, 6.07) is 0. The van der Waals surface area contributed by atoms with E-state index in [-0.39, 0.29) is 11.7 Å². The van der Waals surface area contributed by atoms with Gasteiger partial charge in [0.25, 0.3) is 5.91 Å². The molecule has 0 spiro atoms. The Morgan fingerprint density at radius 2 is 2.35 bits per heavy atom. The molecule has 0 aromatic carbocycles. The first-order valence-corrected chi connectivity index (χ1v) is 6.76. The molecule has 0 unspecified atom stereocenters. The molecule has 2 aromatic heterocycles. The highest BCUT2D eigenvalue weighted by molar-refractivity contribution is 7.13. The number of thiophene rings is 1. The van der Waals surface area contributed by atoms with Crippen molar-refractivity contribution < 1.29 is 10.0 Å². The second-order valence-corrected chi connectivity index (χ2v) is 5.29. The van der Waals surface area contributed by atoms with Gasteiger partial charge in [0.2, 0.25) is 0 Å². The lowest BCUT2D eigenvalue weighted by Crippen LogP contribution is -2.19. The Hall–Kier alpha value is -2.06. The van der Waals surface area contributed by atoms with Crippen molar-refractivity contribution in [1.82, 2.24) is 9.78 Å². The first-order chi connectivity index (χ1) is 9.45. The standard InChI is InChI=1S/C11H12ClN5O2S/c1-5-4-20-8(7(5)12)11(18)15-10-6(9(13)16-19)3-14-17(10)2/h3-4,19H,1-2H3,(H2,13,16)(H,15,18). The summed E-state index contributed by atoms with van der Waals surface area (Å²) in [4.78, 5) is 12.6. The molecule has 9 heteroatoms. The van der Waals surface area contributed by atoms with Gasteiger partial charge < -0.3 is 16.3 Å². The zero-order valence-corrected chi connectivity index (χ0v) is 12.3. The number of nitrogens with two attached hydrogens (primary N) is 1. The lowest BCUT2D eigenvalue weighted by Gasteiger charge is -2.07. The van der Waals surface area contributed by atoms with E-state index < -0.39 is 0 Å². The second-order valence-electron chi connectivity index (χ2n) is 4.03. The molecule has 106 valence electrons. The molecule has 2 rings (SSSR count). The fourth-order valence-electron chi connectivity index (χ4n) is 1.57. The van der Waals surface area contributed by atoms with Crippen LogP contribution in [0.3, 0.4) is 0 Å². The van der Waals surface area contributed by atoms with Gasteiger partial charge in [0.15, 0.2) is 5.84 Å². The van der Waals surface area contributed by atoms with Crippen LogP contribution >= 0.6 is 22.9 Å². The molecule has 0 fully saturated rings. The van der Waals surface area contributed by atoms with Crippen molar-refractivity contribution in [2.45, 2.75) is 6.92 Å². The fourth-order valence-corrected chi connectivity index (χ4v) is 2.75. The number of aryl methyl sites for hydroxylation is 2. The maximum Gasteiger partial charge on any atom is 0.268 e. The van der Waals surface area contributed by atoms with E-state index in [1.54, 1.807) is 12.4 Å². The number of nitrogens with one attached hydrogen (secondary N) is 1. The van der Waals surface area contributed by atoms with E-state index >= 15 is 0 Å². The number of rotatable bonds is 3. The van der Waals surface area contributed by atoms with Crippen LogP contribution in [0.4, 0.5) is 5.82 Å². The summed E-state index contributed by atoms with van der Waals surface area (Å²) in [5, 5.41) is 20.4. The van der Waals surface area contributed by atoms with Gasteiger partial charge in [-0.25, -0.2) is 0 Å². The number of anilines is 1. The Morgan fingerprint density at radius 3 is 2.90 bits per heavy atom. The van der Waals surface area contributed by atoms with Crippen LogP contribution in [0.15, 0.2) is 16.7 Å². The summed E-state index contributed by atoms with van der Waals surface area (Å²) in [6.45, 7) is 1.82. The lowest BCUT2D eigenvalue weighted by molar-refractivity contribution is 0.102. The smallest absolute Gasteiger partial charge is 0.268 e. The summed E-state index contributed by atoms with van der Waals surface area (Å²) >= 11 is 7.30. The fraction of sp³-hybridized carbons (Fsp3) is 0.182. The Bertz CT molecular complexity index is 691. The van der Waals surface area contributed by atoms with E-state index in [1.807, 2.05) is 6.92 Å². The van der Waals surface area contributed by atoms with Crippen LogP contribution in [0.25, 0.3) is 0 Å². The highest BCUT2D eigenvalue weighted by Crippen LogP contribution is 2.28. The normalized spacial score (nSPS) is 11.7. The van der Waals surface area contributed by atoms with Crippen LogP contribution < -0.4 is 11.1 Å². The van der Waals surface area contributed by atoms with Gasteiger partial charge in [-0.05, 0) is 17.9 Å². The number of carbonyl (C=O) groups is 1. The first kappa shape index (κ1) is 14.4. The average Bonchev–Trinajstić information content (AvgIpc) is 2.94. The van der Waals surface area contributed by atoms with Gasteiger partial charge in [0.1, 0.15) is 10.7 Å². The van der Waals surface area contributed by atoms with Crippen LogP contribution in [-0.4, -0.2) is 26.7 Å². The monoisotopic (exact) mass is 313 g/mol. The predicted molar refractivity (Wildman–Crippen MR) is 77.7 cm³/mol. The molecule has 20 heavy (non-hydrogen) atoms. The van der Waals surface area contributed by atoms with Crippen molar-refractivity contribution in [3.8, 4) is 0 Å². The van der Waals surface area contributed by atoms with Crippen LogP contribution in [0.2, 0.25) is 5.02 Å². The summed E-state index contributed by atoms with van der Waals surface area (Å²) in [7, 11) is 1.63. The van der Waals surface area contributed by atoms with Crippen molar-refractivity contribution >= 4 is 40.5 Å². The van der Waals surface area contributed by atoms with Gasteiger partial charge >= 0.3 is 0 Å². The summed E-state index contributed by atoms with van der Waals surface area (Å²) in [6.07, 6.45) is 1.39. The molecule has 0 radical (unpaired) electrons. The number of amidine groups is 1. The van der Waals surface area contributed by atoms with Crippen LogP contribution in [0, 0.1) is 6.92 Å². The van der Waals surface area contributed by atoms with E-state index in [2.05, 4.69) is 15.6 Å². The number of nitrogens with zero attached hydrogens (tertiary/aromatic N) is 3. The SMILES string of the molecule is Cc1csc(C(=O)Nc2c(C(N)=NO)cnn2C)c1Cl. The molecule has 2 heterocycles. The Balaban J connectivity index is 2.33. The third-order valence-corrected chi connectivity index (χ3v) is 4.36. The number of hydrogen-bond donors (Lipinski definition) is 3. The number of aromatic nitrogens is 2. The molecular weight excluding hydrogens is 302 g/mol. The van der Waals surface area contributed by atoms with E-state index in [9.17, 15) is 4.79 Å². The van der Waals surface area contributed by atoms with E-state index in [0.29, 0.717) is 21.3 Å². The van der Waals surface area contributed by atoms with E-state index in [1.165, 1.54) is 22.2 Å². The molecule has 0 aliphatic heterocycles. The molecule has 0 saturated heterocycles. The quantitative estimate of drug-likeness (QED) is 0.347. The van der Waals surface area contributed by atoms with Crippen molar-refractivity contribution in [2.75, 3.05) is 5.32 Å². The second kappa shape index (κ2) is 5.51. The summed E-state index contributed by atoms with van der Waals surface area (Å²) < 4.78 is 1.42. The van der Waals surface area contributed by atoms with Crippen LogP contribution in [0.1, 0.15) is 20.8 Å². The molecule has 0 aliphatic rings. The van der Waals surface area contributed by atoms with Gasteiger partial charge in [-0.3, -0.25) is 9.48 Å². The topological polar surface area (TPSA) is 106 Å².